The fraction of sp³-hybridized carbons (Fsp3) is 0.364. The van der Waals surface area contributed by atoms with Crippen molar-refractivity contribution in [3.8, 4) is 11.3 Å². The first-order valence-corrected chi connectivity index (χ1v) is 11.2. The van der Waals surface area contributed by atoms with Gasteiger partial charge in [-0.15, -0.1) is 0 Å². The third-order valence-corrected chi connectivity index (χ3v) is 5.53. The number of rotatable bonds is 6. The largest absolute Gasteiger partial charge is 0.455 e. The summed E-state index contributed by atoms with van der Waals surface area (Å²) in [6.45, 7) is 5.50. The molecule has 2 fully saturated rings. The highest BCUT2D eigenvalue weighted by atomic mass is 35.5. The van der Waals surface area contributed by atoms with Gasteiger partial charge in [0.2, 0.25) is 17.8 Å². The van der Waals surface area contributed by atoms with Gasteiger partial charge in [0.1, 0.15) is 11.5 Å². The Hall–Kier alpha value is -3.21. The number of ether oxygens (including phenoxy) is 2. The van der Waals surface area contributed by atoms with Gasteiger partial charge in [0.25, 0.3) is 0 Å². The van der Waals surface area contributed by atoms with Crippen LogP contribution in [-0.2, 0) is 9.47 Å². The number of morpholine rings is 2. The van der Waals surface area contributed by atoms with Crippen LogP contribution in [0.4, 0.5) is 17.8 Å². The molecule has 2 saturated heterocycles. The predicted octanol–water partition coefficient (Wildman–Crippen LogP) is 2.90. The summed E-state index contributed by atoms with van der Waals surface area (Å²) in [6.07, 6.45) is 1.58. The SMILES string of the molecule is Clc1cccc(-c2ccc(/C=N\Nc3nc(N4CCOCC4)nc(N4CCOCC4)n3)o2)c1. The van der Waals surface area contributed by atoms with Gasteiger partial charge in [0.15, 0.2) is 0 Å². The monoisotopic (exact) mass is 469 g/mol. The molecule has 10 nitrogen and oxygen atoms in total. The molecule has 0 saturated carbocycles. The fourth-order valence-corrected chi connectivity index (χ4v) is 3.78. The van der Waals surface area contributed by atoms with Crippen molar-refractivity contribution in [2.75, 3.05) is 67.8 Å². The van der Waals surface area contributed by atoms with Crippen LogP contribution >= 0.6 is 11.6 Å². The summed E-state index contributed by atoms with van der Waals surface area (Å²) >= 11 is 6.07. The maximum atomic E-state index is 6.07. The first-order chi connectivity index (χ1) is 16.2. The summed E-state index contributed by atoms with van der Waals surface area (Å²) in [4.78, 5) is 18.0. The van der Waals surface area contributed by atoms with E-state index in [1.54, 1.807) is 6.21 Å². The molecule has 0 bridgehead atoms. The molecule has 5 rings (SSSR count). The minimum absolute atomic E-state index is 0.367. The van der Waals surface area contributed by atoms with Gasteiger partial charge < -0.3 is 23.7 Å². The molecule has 2 aromatic heterocycles. The molecule has 0 radical (unpaired) electrons. The summed E-state index contributed by atoms with van der Waals surface area (Å²) in [7, 11) is 0. The van der Waals surface area contributed by atoms with Gasteiger partial charge >= 0.3 is 0 Å². The molecule has 2 aliphatic heterocycles. The molecule has 1 aromatic carbocycles. The molecule has 2 aliphatic rings. The van der Waals surface area contributed by atoms with E-state index in [2.05, 4.69) is 35.3 Å². The van der Waals surface area contributed by atoms with E-state index in [0.717, 1.165) is 31.7 Å². The van der Waals surface area contributed by atoms with Crippen LogP contribution < -0.4 is 15.2 Å². The van der Waals surface area contributed by atoms with Crippen LogP contribution in [0.2, 0.25) is 5.02 Å². The molecule has 11 heteroatoms. The summed E-state index contributed by atoms with van der Waals surface area (Å²) in [6, 6.07) is 11.2. The Bertz CT molecular complexity index is 1070. The number of nitrogens with zero attached hydrogens (tertiary/aromatic N) is 6. The number of nitrogens with one attached hydrogen (secondary N) is 1. The van der Waals surface area contributed by atoms with Crippen molar-refractivity contribution in [1.29, 1.82) is 0 Å². The lowest BCUT2D eigenvalue weighted by Gasteiger charge is -2.30. The molecule has 172 valence electrons. The molecule has 4 heterocycles. The van der Waals surface area contributed by atoms with E-state index in [1.165, 1.54) is 0 Å². The number of furan rings is 1. The van der Waals surface area contributed by atoms with Crippen LogP contribution in [0.15, 0.2) is 45.9 Å². The molecule has 0 atom stereocenters. The summed E-state index contributed by atoms with van der Waals surface area (Å²) in [5.74, 6) is 2.88. The van der Waals surface area contributed by atoms with Gasteiger partial charge in [0, 0.05) is 36.8 Å². The lowest BCUT2D eigenvalue weighted by atomic mass is 10.2. The van der Waals surface area contributed by atoms with Crippen molar-refractivity contribution < 1.29 is 13.9 Å². The molecule has 33 heavy (non-hydrogen) atoms. The van der Waals surface area contributed by atoms with Crippen LogP contribution in [0.3, 0.4) is 0 Å². The van der Waals surface area contributed by atoms with Crippen molar-refractivity contribution in [1.82, 2.24) is 15.0 Å². The minimum atomic E-state index is 0.367. The van der Waals surface area contributed by atoms with E-state index >= 15 is 0 Å². The lowest BCUT2D eigenvalue weighted by molar-refractivity contribution is 0.121. The van der Waals surface area contributed by atoms with Crippen LogP contribution in [0.5, 0.6) is 0 Å². The zero-order chi connectivity index (χ0) is 22.5. The average molecular weight is 470 g/mol. The van der Waals surface area contributed by atoms with Crippen molar-refractivity contribution in [2.24, 2.45) is 5.10 Å². The molecule has 1 N–H and O–H groups in total. The normalized spacial score (nSPS) is 17.0. The number of benzene rings is 1. The lowest BCUT2D eigenvalue weighted by Crippen LogP contribution is -2.40. The smallest absolute Gasteiger partial charge is 0.250 e. The first kappa shape index (κ1) is 21.6. The topological polar surface area (TPSA) is 101 Å². The Morgan fingerprint density at radius 3 is 2.18 bits per heavy atom. The third kappa shape index (κ3) is 5.41. The first-order valence-electron chi connectivity index (χ1n) is 10.8. The zero-order valence-corrected chi connectivity index (χ0v) is 18.7. The molecule has 0 spiro atoms. The Labute approximate surface area is 196 Å². The Morgan fingerprint density at radius 1 is 0.879 bits per heavy atom. The number of hydrogen-bond acceptors (Lipinski definition) is 10. The predicted molar refractivity (Wildman–Crippen MR) is 126 cm³/mol. The van der Waals surface area contributed by atoms with Gasteiger partial charge in [0.05, 0.1) is 32.6 Å². The van der Waals surface area contributed by atoms with E-state index in [4.69, 9.17) is 25.5 Å². The minimum Gasteiger partial charge on any atom is -0.455 e. The van der Waals surface area contributed by atoms with Crippen molar-refractivity contribution in [2.45, 2.75) is 0 Å². The van der Waals surface area contributed by atoms with Crippen LogP contribution in [0.25, 0.3) is 11.3 Å². The fourth-order valence-electron chi connectivity index (χ4n) is 3.59. The highest BCUT2D eigenvalue weighted by Crippen LogP contribution is 2.24. The number of anilines is 3. The molecule has 3 aromatic rings. The molecular weight excluding hydrogens is 446 g/mol. The summed E-state index contributed by atoms with van der Waals surface area (Å²) in [5, 5.41) is 4.93. The van der Waals surface area contributed by atoms with Gasteiger partial charge in [-0.2, -0.15) is 20.1 Å². The van der Waals surface area contributed by atoms with Gasteiger partial charge in [-0.3, -0.25) is 0 Å². The standard InChI is InChI=1S/C22H24ClN7O3/c23-17-3-1-2-16(14-17)19-5-4-18(33-19)15-24-28-20-25-21(29-6-10-31-11-7-29)27-22(26-20)30-8-12-32-13-9-30/h1-5,14-15H,6-13H2,(H,25,26,27,28)/b24-15-. The Kier molecular flexibility index (Phi) is 6.66. The number of aromatic nitrogens is 3. The molecule has 0 amide bonds. The Balaban J connectivity index is 1.33. The highest BCUT2D eigenvalue weighted by molar-refractivity contribution is 6.30. The molecular formula is C22H24ClN7O3. The quantitative estimate of drug-likeness (QED) is 0.431. The van der Waals surface area contributed by atoms with E-state index in [1.807, 2.05) is 36.4 Å². The van der Waals surface area contributed by atoms with E-state index < -0.39 is 0 Å². The second kappa shape index (κ2) is 10.2. The Morgan fingerprint density at radius 2 is 1.55 bits per heavy atom. The zero-order valence-electron chi connectivity index (χ0n) is 18.0. The van der Waals surface area contributed by atoms with Crippen molar-refractivity contribution in [3.05, 3.63) is 47.2 Å². The van der Waals surface area contributed by atoms with Crippen molar-refractivity contribution in [3.63, 3.8) is 0 Å². The maximum absolute atomic E-state index is 6.07. The van der Waals surface area contributed by atoms with E-state index in [-0.39, 0.29) is 0 Å². The summed E-state index contributed by atoms with van der Waals surface area (Å²) in [5.41, 5.74) is 3.82. The number of halogens is 1. The second-order valence-corrected chi connectivity index (χ2v) is 7.98. The van der Waals surface area contributed by atoms with Gasteiger partial charge in [-0.25, -0.2) is 5.43 Å². The highest BCUT2D eigenvalue weighted by Gasteiger charge is 2.20. The molecule has 0 unspecified atom stereocenters. The third-order valence-electron chi connectivity index (χ3n) is 5.29. The molecule has 0 aliphatic carbocycles. The van der Waals surface area contributed by atoms with Crippen LogP contribution in [-0.4, -0.2) is 73.8 Å². The van der Waals surface area contributed by atoms with Crippen LogP contribution in [0, 0.1) is 0 Å². The van der Waals surface area contributed by atoms with Gasteiger partial charge in [-0.1, -0.05) is 23.7 Å². The van der Waals surface area contributed by atoms with Crippen LogP contribution in [0.1, 0.15) is 5.76 Å². The average Bonchev–Trinajstić information content (AvgIpc) is 3.34. The second-order valence-electron chi connectivity index (χ2n) is 7.54. The maximum Gasteiger partial charge on any atom is 0.250 e. The van der Waals surface area contributed by atoms with Gasteiger partial charge in [-0.05, 0) is 24.3 Å². The summed E-state index contributed by atoms with van der Waals surface area (Å²) < 4.78 is 16.8. The van der Waals surface area contributed by atoms with Crippen molar-refractivity contribution >= 4 is 35.7 Å². The number of hydrogen-bond donors (Lipinski definition) is 1. The number of hydrazone groups is 1. The van der Waals surface area contributed by atoms with E-state index in [0.29, 0.717) is 60.8 Å². The van der Waals surface area contributed by atoms with E-state index in [9.17, 15) is 0 Å².